The second kappa shape index (κ2) is 8.45. The predicted octanol–water partition coefficient (Wildman–Crippen LogP) is 0.622. The summed E-state index contributed by atoms with van der Waals surface area (Å²) in [5.74, 6) is 0.177. The van der Waals surface area contributed by atoms with E-state index in [4.69, 9.17) is 22.7 Å². The topological polar surface area (TPSA) is 58.8 Å². The van der Waals surface area contributed by atoms with Gasteiger partial charge in [-0.3, -0.25) is 9.69 Å². The average Bonchev–Trinajstić information content (AvgIpc) is 2.40. The number of nitrogens with two attached hydrogens (primary N) is 1. The van der Waals surface area contributed by atoms with Crippen LogP contribution in [0.2, 0.25) is 0 Å². The third kappa shape index (κ3) is 5.04. The Balaban J connectivity index is 2.35. The Labute approximate surface area is 121 Å². The normalized spacial score (nSPS) is 18.3. The highest BCUT2D eigenvalue weighted by molar-refractivity contribution is 7.80. The lowest BCUT2D eigenvalue weighted by Gasteiger charge is -2.38. The van der Waals surface area contributed by atoms with Crippen LogP contribution in [0, 0.1) is 0 Å². The van der Waals surface area contributed by atoms with Crippen molar-refractivity contribution < 1.29 is 9.53 Å². The summed E-state index contributed by atoms with van der Waals surface area (Å²) in [6.07, 6.45) is 1.40. The van der Waals surface area contributed by atoms with Crippen LogP contribution in [0.15, 0.2) is 0 Å². The van der Waals surface area contributed by atoms with E-state index in [9.17, 15) is 4.79 Å². The number of thiocarbonyl (C=S) groups is 1. The zero-order chi connectivity index (χ0) is 14.3. The molecule has 19 heavy (non-hydrogen) atoms. The van der Waals surface area contributed by atoms with E-state index in [1.165, 1.54) is 0 Å². The Morgan fingerprint density at radius 1 is 1.32 bits per heavy atom. The third-order valence-corrected chi connectivity index (χ3v) is 3.76. The maximum atomic E-state index is 11.9. The Kier molecular flexibility index (Phi) is 7.27. The fraction of sp³-hybridized carbons (Fsp3) is 0.846. The molecule has 110 valence electrons. The molecule has 1 rings (SSSR count). The monoisotopic (exact) mass is 287 g/mol. The van der Waals surface area contributed by atoms with Crippen molar-refractivity contribution in [3.05, 3.63) is 0 Å². The summed E-state index contributed by atoms with van der Waals surface area (Å²) in [4.78, 5) is 16.7. The van der Waals surface area contributed by atoms with Crippen LogP contribution in [0.5, 0.6) is 0 Å². The summed E-state index contributed by atoms with van der Waals surface area (Å²) >= 11 is 5.09. The predicted molar refractivity (Wildman–Crippen MR) is 80.1 cm³/mol. The van der Waals surface area contributed by atoms with Gasteiger partial charge < -0.3 is 15.4 Å². The van der Waals surface area contributed by atoms with E-state index in [0.29, 0.717) is 24.6 Å². The molecule has 0 aromatic rings. The maximum absolute atomic E-state index is 11.9. The molecule has 6 heteroatoms. The molecular formula is C13H25N3O2S. The first kappa shape index (κ1) is 16.3. The molecular weight excluding hydrogens is 262 g/mol. The van der Waals surface area contributed by atoms with Crippen molar-refractivity contribution in [3.8, 4) is 0 Å². The van der Waals surface area contributed by atoms with E-state index in [-0.39, 0.29) is 11.9 Å². The summed E-state index contributed by atoms with van der Waals surface area (Å²) < 4.78 is 5.21. The van der Waals surface area contributed by atoms with Gasteiger partial charge in [0.1, 0.15) is 0 Å². The van der Waals surface area contributed by atoms with E-state index in [0.717, 1.165) is 32.6 Å². The van der Waals surface area contributed by atoms with Gasteiger partial charge in [0.15, 0.2) is 0 Å². The van der Waals surface area contributed by atoms with Gasteiger partial charge in [0, 0.05) is 32.8 Å². The van der Waals surface area contributed by atoms with Gasteiger partial charge in [-0.25, -0.2) is 0 Å². The van der Waals surface area contributed by atoms with Crippen molar-refractivity contribution in [2.45, 2.75) is 32.7 Å². The van der Waals surface area contributed by atoms with Crippen molar-refractivity contribution in [2.75, 3.05) is 39.4 Å². The van der Waals surface area contributed by atoms with Crippen LogP contribution in [0.3, 0.4) is 0 Å². The highest BCUT2D eigenvalue weighted by Crippen LogP contribution is 2.10. The molecule has 0 aromatic carbocycles. The lowest BCUT2D eigenvalue weighted by molar-refractivity contribution is -0.134. The first-order valence-corrected chi connectivity index (χ1v) is 7.39. The van der Waals surface area contributed by atoms with Gasteiger partial charge in [0.25, 0.3) is 0 Å². The molecule has 0 aliphatic carbocycles. The van der Waals surface area contributed by atoms with Crippen LogP contribution in [0.25, 0.3) is 0 Å². The molecule has 0 radical (unpaired) electrons. The Morgan fingerprint density at radius 3 is 2.42 bits per heavy atom. The molecule has 1 unspecified atom stereocenters. The first-order chi connectivity index (χ1) is 9.10. The van der Waals surface area contributed by atoms with Crippen LogP contribution in [-0.4, -0.2) is 66.1 Å². The Bertz CT molecular complexity index is 304. The summed E-state index contributed by atoms with van der Waals surface area (Å²) in [7, 11) is 0. The molecule has 1 heterocycles. The van der Waals surface area contributed by atoms with Gasteiger partial charge in [-0.15, -0.1) is 0 Å². The van der Waals surface area contributed by atoms with E-state index in [2.05, 4.69) is 11.8 Å². The van der Waals surface area contributed by atoms with E-state index in [1.807, 2.05) is 11.8 Å². The van der Waals surface area contributed by atoms with Crippen molar-refractivity contribution in [3.63, 3.8) is 0 Å². The van der Waals surface area contributed by atoms with Crippen molar-refractivity contribution in [1.29, 1.82) is 0 Å². The molecule has 5 nitrogen and oxygen atoms in total. The number of piperazine rings is 1. The summed E-state index contributed by atoms with van der Waals surface area (Å²) in [5.41, 5.74) is 5.75. The van der Waals surface area contributed by atoms with E-state index in [1.54, 1.807) is 0 Å². The van der Waals surface area contributed by atoms with Gasteiger partial charge in [-0.05, 0) is 13.3 Å². The molecule has 2 N–H and O–H groups in total. The van der Waals surface area contributed by atoms with Crippen molar-refractivity contribution in [1.82, 2.24) is 9.80 Å². The quantitative estimate of drug-likeness (QED) is 0.549. The lowest BCUT2D eigenvalue weighted by Crippen LogP contribution is -2.54. The largest absolute Gasteiger partial charge is 0.392 e. The standard InChI is InChI=1S/C13H25N3O2S/c1-3-11(13(14)19)15-6-8-16(9-7-15)12(17)5-10-18-4-2/h11H,3-10H2,1-2H3,(H2,14,19). The van der Waals surface area contributed by atoms with Gasteiger partial charge in [0.2, 0.25) is 5.91 Å². The number of hydrogen-bond donors (Lipinski definition) is 1. The molecule has 1 fully saturated rings. The first-order valence-electron chi connectivity index (χ1n) is 6.99. The smallest absolute Gasteiger partial charge is 0.224 e. The second-order valence-corrected chi connectivity index (χ2v) is 5.16. The average molecular weight is 287 g/mol. The highest BCUT2D eigenvalue weighted by Gasteiger charge is 2.26. The minimum absolute atomic E-state index is 0.163. The zero-order valence-corrected chi connectivity index (χ0v) is 12.7. The highest BCUT2D eigenvalue weighted by atomic mass is 32.1. The zero-order valence-electron chi connectivity index (χ0n) is 11.9. The van der Waals surface area contributed by atoms with Gasteiger partial charge in [-0.1, -0.05) is 19.1 Å². The number of carbonyl (C=O) groups excluding carboxylic acids is 1. The minimum Gasteiger partial charge on any atom is -0.392 e. The molecule has 0 spiro atoms. The molecule has 1 atom stereocenters. The number of ether oxygens (including phenoxy) is 1. The molecule has 0 bridgehead atoms. The number of carbonyl (C=O) groups is 1. The molecule has 1 saturated heterocycles. The van der Waals surface area contributed by atoms with Crippen LogP contribution in [-0.2, 0) is 9.53 Å². The van der Waals surface area contributed by atoms with Gasteiger partial charge in [0.05, 0.1) is 24.1 Å². The maximum Gasteiger partial charge on any atom is 0.224 e. The SMILES string of the molecule is CCOCCC(=O)N1CCN(C(CC)C(N)=S)CC1. The number of nitrogens with zero attached hydrogens (tertiary/aromatic N) is 2. The minimum atomic E-state index is 0.163. The van der Waals surface area contributed by atoms with E-state index >= 15 is 0 Å². The Morgan fingerprint density at radius 2 is 1.95 bits per heavy atom. The van der Waals surface area contributed by atoms with Gasteiger partial charge in [-0.2, -0.15) is 0 Å². The number of rotatable bonds is 7. The van der Waals surface area contributed by atoms with Crippen LogP contribution in [0.4, 0.5) is 0 Å². The van der Waals surface area contributed by atoms with Crippen molar-refractivity contribution >= 4 is 23.1 Å². The van der Waals surface area contributed by atoms with Crippen LogP contribution in [0.1, 0.15) is 26.7 Å². The summed E-state index contributed by atoms with van der Waals surface area (Å²) in [6, 6.07) is 0.163. The molecule has 1 aliphatic heterocycles. The number of hydrogen-bond acceptors (Lipinski definition) is 4. The molecule has 0 saturated carbocycles. The second-order valence-electron chi connectivity index (χ2n) is 4.69. The molecule has 1 amide bonds. The fourth-order valence-corrected chi connectivity index (χ4v) is 2.70. The van der Waals surface area contributed by atoms with Crippen molar-refractivity contribution in [2.24, 2.45) is 5.73 Å². The number of amides is 1. The summed E-state index contributed by atoms with van der Waals surface area (Å²) in [6.45, 7) is 8.39. The third-order valence-electron chi connectivity index (χ3n) is 3.49. The lowest BCUT2D eigenvalue weighted by atomic mass is 10.1. The summed E-state index contributed by atoms with van der Waals surface area (Å²) in [5, 5.41) is 0. The Hall–Kier alpha value is -0.720. The molecule has 0 aromatic heterocycles. The van der Waals surface area contributed by atoms with E-state index < -0.39 is 0 Å². The van der Waals surface area contributed by atoms with Crippen LogP contribution < -0.4 is 5.73 Å². The van der Waals surface area contributed by atoms with Gasteiger partial charge >= 0.3 is 0 Å². The molecule has 1 aliphatic rings. The van der Waals surface area contributed by atoms with Crippen LogP contribution >= 0.6 is 12.2 Å². The fourth-order valence-electron chi connectivity index (χ4n) is 2.38.